The summed E-state index contributed by atoms with van der Waals surface area (Å²) < 4.78 is 0.354. The SMILES string of the molecule is CC1(C)CN(Cc2sccc2C#CCO)CCS1. The Morgan fingerprint density at radius 2 is 2.33 bits per heavy atom. The fourth-order valence-corrected chi connectivity index (χ4v) is 4.21. The van der Waals surface area contributed by atoms with Gasteiger partial charge in [-0.3, -0.25) is 4.90 Å². The number of aliphatic hydroxyl groups excluding tert-OH is 1. The summed E-state index contributed by atoms with van der Waals surface area (Å²) >= 11 is 3.82. The van der Waals surface area contributed by atoms with Gasteiger partial charge in [-0.1, -0.05) is 11.8 Å². The van der Waals surface area contributed by atoms with Gasteiger partial charge >= 0.3 is 0 Å². The van der Waals surface area contributed by atoms with Gasteiger partial charge in [-0.05, 0) is 25.3 Å². The molecule has 1 aromatic rings. The molecule has 18 heavy (non-hydrogen) atoms. The summed E-state index contributed by atoms with van der Waals surface area (Å²) in [7, 11) is 0. The largest absolute Gasteiger partial charge is 0.384 e. The highest BCUT2D eigenvalue weighted by Crippen LogP contribution is 2.31. The highest BCUT2D eigenvalue weighted by Gasteiger charge is 2.27. The second-order valence-electron chi connectivity index (χ2n) is 5.04. The summed E-state index contributed by atoms with van der Waals surface area (Å²) in [4.78, 5) is 3.82. The summed E-state index contributed by atoms with van der Waals surface area (Å²) in [6.07, 6.45) is 0. The molecule has 1 saturated heterocycles. The topological polar surface area (TPSA) is 23.5 Å². The number of hydrogen-bond acceptors (Lipinski definition) is 4. The predicted octanol–water partition coefficient (Wildman–Crippen LogP) is 2.42. The Balaban J connectivity index is 2.03. The fraction of sp³-hybridized carbons (Fsp3) is 0.571. The third-order valence-electron chi connectivity index (χ3n) is 2.92. The summed E-state index contributed by atoms with van der Waals surface area (Å²) in [5.74, 6) is 6.97. The van der Waals surface area contributed by atoms with Gasteiger partial charge in [0.15, 0.2) is 0 Å². The van der Waals surface area contributed by atoms with Crippen LogP contribution in [-0.4, -0.2) is 40.2 Å². The van der Waals surface area contributed by atoms with Gasteiger partial charge in [0.25, 0.3) is 0 Å². The molecule has 1 N–H and O–H groups in total. The Morgan fingerprint density at radius 1 is 1.50 bits per heavy atom. The molecule has 2 nitrogen and oxygen atoms in total. The van der Waals surface area contributed by atoms with E-state index in [4.69, 9.17) is 5.11 Å². The van der Waals surface area contributed by atoms with Gasteiger partial charge in [0.1, 0.15) is 6.61 Å². The first kappa shape index (κ1) is 14.0. The minimum Gasteiger partial charge on any atom is -0.384 e. The Hall–Kier alpha value is -0.470. The summed E-state index contributed by atoms with van der Waals surface area (Å²) in [6, 6.07) is 2.05. The van der Waals surface area contributed by atoms with Crippen molar-refractivity contribution >= 4 is 23.1 Å². The maximum Gasteiger partial charge on any atom is 0.104 e. The van der Waals surface area contributed by atoms with Crippen molar-refractivity contribution in [3.8, 4) is 11.8 Å². The molecule has 0 amide bonds. The maximum atomic E-state index is 8.76. The van der Waals surface area contributed by atoms with Crippen LogP contribution in [0, 0.1) is 11.8 Å². The van der Waals surface area contributed by atoms with Crippen molar-refractivity contribution in [1.82, 2.24) is 4.90 Å². The van der Waals surface area contributed by atoms with Crippen molar-refractivity contribution in [2.45, 2.75) is 25.1 Å². The van der Waals surface area contributed by atoms with Crippen LogP contribution in [-0.2, 0) is 6.54 Å². The van der Waals surface area contributed by atoms with Crippen LogP contribution < -0.4 is 0 Å². The van der Waals surface area contributed by atoms with Gasteiger partial charge in [0.05, 0.1) is 0 Å². The lowest BCUT2D eigenvalue weighted by Gasteiger charge is -2.37. The predicted molar refractivity (Wildman–Crippen MR) is 80.1 cm³/mol. The Kier molecular flexibility index (Phi) is 4.74. The standard InChI is InChI=1S/C14H19NOS2/c1-14(2)11-15(6-9-18-14)10-13-12(4-3-7-16)5-8-17-13/h5,8,16H,6-7,9-11H2,1-2H3. The molecule has 0 unspecified atom stereocenters. The van der Waals surface area contributed by atoms with Gasteiger partial charge in [-0.2, -0.15) is 11.8 Å². The van der Waals surface area contributed by atoms with Crippen LogP contribution in [0.2, 0.25) is 0 Å². The van der Waals surface area contributed by atoms with E-state index in [1.54, 1.807) is 11.3 Å². The second kappa shape index (κ2) is 6.12. The third-order valence-corrected chi connectivity index (χ3v) is 5.12. The molecule has 98 valence electrons. The van der Waals surface area contributed by atoms with Crippen LogP contribution in [0.25, 0.3) is 0 Å². The average molecular weight is 281 g/mol. The molecule has 1 aliphatic rings. The summed E-state index contributed by atoms with van der Waals surface area (Å²) in [5.41, 5.74) is 1.07. The van der Waals surface area contributed by atoms with Crippen LogP contribution in [0.3, 0.4) is 0 Å². The van der Waals surface area contributed by atoms with Gasteiger partial charge in [0, 0.05) is 40.6 Å². The molecule has 0 aliphatic carbocycles. The van der Waals surface area contributed by atoms with E-state index in [2.05, 4.69) is 47.7 Å². The zero-order valence-electron chi connectivity index (χ0n) is 10.9. The molecule has 1 aliphatic heterocycles. The summed E-state index contributed by atoms with van der Waals surface area (Å²) in [5, 5.41) is 10.8. The molecule has 0 atom stereocenters. The van der Waals surface area contributed by atoms with Crippen LogP contribution in [0.4, 0.5) is 0 Å². The average Bonchev–Trinajstić information content (AvgIpc) is 2.72. The fourth-order valence-electron chi connectivity index (χ4n) is 2.16. The lowest BCUT2D eigenvalue weighted by atomic mass is 10.1. The number of nitrogens with zero attached hydrogens (tertiary/aromatic N) is 1. The lowest BCUT2D eigenvalue weighted by molar-refractivity contribution is 0.254. The zero-order chi connectivity index (χ0) is 13.0. The van der Waals surface area contributed by atoms with Gasteiger partial charge < -0.3 is 5.11 Å². The highest BCUT2D eigenvalue weighted by atomic mass is 32.2. The van der Waals surface area contributed by atoms with Gasteiger partial charge in [-0.15, -0.1) is 11.3 Å². The van der Waals surface area contributed by atoms with E-state index in [0.717, 1.165) is 25.2 Å². The lowest BCUT2D eigenvalue weighted by Crippen LogP contribution is -2.42. The molecule has 0 spiro atoms. The Bertz CT molecular complexity index is 456. The zero-order valence-corrected chi connectivity index (χ0v) is 12.5. The van der Waals surface area contributed by atoms with E-state index < -0.39 is 0 Å². The number of hydrogen-bond donors (Lipinski definition) is 1. The third kappa shape index (κ3) is 3.76. The first-order chi connectivity index (χ1) is 8.61. The number of aliphatic hydroxyl groups is 1. The van der Waals surface area contributed by atoms with Gasteiger partial charge in [-0.25, -0.2) is 0 Å². The second-order valence-corrected chi connectivity index (χ2v) is 7.84. The van der Waals surface area contributed by atoms with E-state index in [9.17, 15) is 0 Å². The van der Waals surface area contributed by atoms with Crippen molar-refractivity contribution in [3.63, 3.8) is 0 Å². The smallest absolute Gasteiger partial charge is 0.104 e. The van der Waals surface area contributed by atoms with E-state index in [1.807, 2.05) is 6.07 Å². The normalized spacial score (nSPS) is 19.3. The van der Waals surface area contributed by atoms with Crippen LogP contribution in [0.15, 0.2) is 11.4 Å². The molecule has 0 aromatic carbocycles. The number of thiophene rings is 1. The van der Waals surface area contributed by atoms with Crippen molar-refractivity contribution in [1.29, 1.82) is 0 Å². The molecule has 2 rings (SSSR count). The maximum absolute atomic E-state index is 8.76. The molecule has 1 aromatic heterocycles. The highest BCUT2D eigenvalue weighted by molar-refractivity contribution is 8.00. The minimum atomic E-state index is -0.0668. The molecule has 1 fully saturated rings. The number of rotatable bonds is 2. The quantitative estimate of drug-likeness (QED) is 0.842. The van der Waals surface area contributed by atoms with Crippen molar-refractivity contribution in [3.05, 3.63) is 21.9 Å². The monoisotopic (exact) mass is 281 g/mol. The molecule has 2 heterocycles. The van der Waals surface area contributed by atoms with Crippen molar-refractivity contribution in [2.24, 2.45) is 0 Å². The summed E-state index contributed by atoms with van der Waals surface area (Å²) in [6.45, 7) is 7.82. The first-order valence-electron chi connectivity index (χ1n) is 6.13. The molecular weight excluding hydrogens is 262 g/mol. The Labute approximate surface area is 117 Å². The first-order valence-corrected chi connectivity index (χ1v) is 8.00. The Morgan fingerprint density at radius 3 is 3.06 bits per heavy atom. The van der Waals surface area contributed by atoms with E-state index in [1.165, 1.54) is 10.6 Å². The van der Waals surface area contributed by atoms with Crippen LogP contribution in [0.5, 0.6) is 0 Å². The number of thioether (sulfide) groups is 1. The molecular formula is C14H19NOS2. The van der Waals surface area contributed by atoms with Crippen molar-refractivity contribution in [2.75, 3.05) is 25.4 Å². The molecule has 0 saturated carbocycles. The van der Waals surface area contributed by atoms with Crippen LogP contribution in [0.1, 0.15) is 24.3 Å². The van der Waals surface area contributed by atoms with E-state index in [-0.39, 0.29) is 6.61 Å². The van der Waals surface area contributed by atoms with Crippen molar-refractivity contribution < 1.29 is 5.11 Å². The molecule has 0 radical (unpaired) electrons. The molecule has 4 heteroatoms. The van der Waals surface area contributed by atoms with E-state index >= 15 is 0 Å². The van der Waals surface area contributed by atoms with E-state index in [0.29, 0.717) is 4.75 Å². The van der Waals surface area contributed by atoms with Crippen LogP contribution >= 0.6 is 23.1 Å². The molecule has 0 bridgehead atoms. The van der Waals surface area contributed by atoms with Gasteiger partial charge in [0.2, 0.25) is 0 Å². The minimum absolute atomic E-state index is 0.0668.